The molecule has 1 atom stereocenters. The van der Waals surface area contributed by atoms with Crippen molar-refractivity contribution in [3.63, 3.8) is 0 Å². The number of esters is 1. The minimum atomic E-state index is -0.233. The molecular formula is C17H16O2. The van der Waals surface area contributed by atoms with Gasteiger partial charge < -0.3 is 4.74 Å². The van der Waals surface area contributed by atoms with E-state index in [1.54, 1.807) is 0 Å². The van der Waals surface area contributed by atoms with Gasteiger partial charge in [-0.2, -0.15) is 0 Å². The van der Waals surface area contributed by atoms with Gasteiger partial charge in [-0.3, -0.25) is 4.79 Å². The molecule has 0 spiro atoms. The van der Waals surface area contributed by atoms with Gasteiger partial charge in [0.15, 0.2) is 0 Å². The van der Waals surface area contributed by atoms with Crippen LogP contribution in [0.25, 0.3) is 5.57 Å². The van der Waals surface area contributed by atoms with Gasteiger partial charge in [-0.05, 0) is 23.1 Å². The zero-order valence-electron chi connectivity index (χ0n) is 10.9. The van der Waals surface area contributed by atoms with Gasteiger partial charge in [-0.25, -0.2) is 0 Å². The average Bonchev–Trinajstić information content (AvgIpc) is 2.43. The lowest BCUT2D eigenvalue weighted by atomic mass is 9.77. The number of benzene rings is 1. The summed E-state index contributed by atoms with van der Waals surface area (Å²) in [6.07, 6.45) is 9.52. The fourth-order valence-electron chi connectivity index (χ4n) is 2.81. The van der Waals surface area contributed by atoms with Crippen LogP contribution in [0.4, 0.5) is 0 Å². The molecule has 2 aliphatic rings. The van der Waals surface area contributed by atoms with Crippen molar-refractivity contribution in [2.24, 2.45) is 5.92 Å². The van der Waals surface area contributed by atoms with E-state index in [9.17, 15) is 4.79 Å². The summed E-state index contributed by atoms with van der Waals surface area (Å²) >= 11 is 0. The molecule has 1 aromatic carbocycles. The topological polar surface area (TPSA) is 26.3 Å². The molecule has 3 rings (SSSR count). The first-order chi connectivity index (χ1) is 9.25. The lowest BCUT2D eigenvalue weighted by molar-refractivity contribution is -0.139. The van der Waals surface area contributed by atoms with Gasteiger partial charge in [0.2, 0.25) is 0 Å². The van der Waals surface area contributed by atoms with Crippen LogP contribution in [-0.4, -0.2) is 12.6 Å². The average molecular weight is 252 g/mol. The Balaban J connectivity index is 2.06. The summed E-state index contributed by atoms with van der Waals surface area (Å²) in [6, 6.07) is 8.38. The summed E-state index contributed by atoms with van der Waals surface area (Å²) in [5, 5.41) is 0. The summed E-state index contributed by atoms with van der Waals surface area (Å²) in [5.74, 6) is 0.175. The third-order valence-electron chi connectivity index (χ3n) is 3.68. The number of carbonyl (C=O) groups excluding carboxylic acids is 1. The zero-order chi connectivity index (χ0) is 13.2. The van der Waals surface area contributed by atoms with Crippen LogP contribution in [0.5, 0.6) is 0 Å². The largest absolute Gasteiger partial charge is 0.461 e. The van der Waals surface area contributed by atoms with E-state index < -0.39 is 0 Å². The Morgan fingerprint density at radius 3 is 3.00 bits per heavy atom. The van der Waals surface area contributed by atoms with Crippen molar-refractivity contribution in [3.8, 4) is 0 Å². The van der Waals surface area contributed by atoms with Crippen molar-refractivity contribution in [3.05, 3.63) is 65.3 Å². The molecule has 0 heterocycles. The van der Waals surface area contributed by atoms with Gasteiger partial charge in [-0.1, -0.05) is 48.6 Å². The maximum atomic E-state index is 11.1. The van der Waals surface area contributed by atoms with Crippen molar-refractivity contribution in [2.75, 3.05) is 6.61 Å². The fraction of sp³-hybridized carbons (Fsp3) is 0.235. The van der Waals surface area contributed by atoms with Crippen LogP contribution in [0.1, 0.15) is 18.1 Å². The molecule has 0 saturated carbocycles. The predicted octanol–water partition coefficient (Wildman–Crippen LogP) is 3.30. The number of allylic oxidation sites excluding steroid dienone is 5. The number of carbonyl (C=O) groups is 1. The molecule has 0 radical (unpaired) electrons. The molecule has 96 valence electrons. The van der Waals surface area contributed by atoms with E-state index in [2.05, 4.69) is 36.4 Å². The van der Waals surface area contributed by atoms with Gasteiger partial charge in [0.25, 0.3) is 0 Å². The number of hydrogen-bond donors (Lipinski definition) is 0. The van der Waals surface area contributed by atoms with E-state index in [0.717, 1.165) is 12.0 Å². The van der Waals surface area contributed by atoms with Crippen molar-refractivity contribution in [1.29, 1.82) is 0 Å². The lowest BCUT2D eigenvalue weighted by Crippen LogP contribution is -2.18. The van der Waals surface area contributed by atoms with Crippen molar-refractivity contribution < 1.29 is 9.53 Å². The standard InChI is InChI=1S/C17H16O2/c1-12(18)19-11-17-15-8-4-2-6-13(15)10-14-7-3-5-9-16(14)17/h2-9,13H,10-11H2,1H3. The first-order valence-electron chi connectivity index (χ1n) is 6.55. The van der Waals surface area contributed by atoms with E-state index >= 15 is 0 Å². The van der Waals surface area contributed by atoms with Crippen LogP contribution in [0.3, 0.4) is 0 Å². The molecule has 0 aliphatic heterocycles. The van der Waals surface area contributed by atoms with Gasteiger partial charge in [0, 0.05) is 18.4 Å². The summed E-state index contributed by atoms with van der Waals surface area (Å²) in [6.45, 7) is 1.81. The fourth-order valence-corrected chi connectivity index (χ4v) is 2.81. The quantitative estimate of drug-likeness (QED) is 0.755. The molecule has 0 amide bonds. The second kappa shape index (κ2) is 4.88. The maximum absolute atomic E-state index is 11.1. The molecule has 0 fully saturated rings. The van der Waals surface area contributed by atoms with Crippen molar-refractivity contribution in [1.82, 2.24) is 0 Å². The number of fused-ring (bicyclic) bond motifs is 2. The monoisotopic (exact) mass is 252 g/mol. The van der Waals surface area contributed by atoms with Crippen LogP contribution in [0.2, 0.25) is 0 Å². The molecule has 2 heteroatoms. The van der Waals surface area contributed by atoms with Gasteiger partial charge in [-0.15, -0.1) is 0 Å². The van der Waals surface area contributed by atoms with E-state index in [1.165, 1.54) is 23.6 Å². The SMILES string of the molecule is CC(=O)OCC1=C2C=CC=CC2Cc2ccccc21. The third-order valence-corrected chi connectivity index (χ3v) is 3.68. The van der Waals surface area contributed by atoms with Gasteiger partial charge in [0.05, 0.1) is 0 Å². The van der Waals surface area contributed by atoms with Gasteiger partial charge >= 0.3 is 5.97 Å². The molecule has 1 aromatic rings. The molecule has 2 aliphatic carbocycles. The molecule has 2 nitrogen and oxygen atoms in total. The van der Waals surface area contributed by atoms with Crippen LogP contribution in [-0.2, 0) is 16.0 Å². The van der Waals surface area contributed by atoms with Gasteiger partial charge in [0.1, 0.15) is 6.61 Å². The van der Waals surface area contributed by atoms with E-state index in [1.807, 2.05) is 12.1 Å². The van der Waals surface area contributed by atoms with Crippen LogP contribution >= 0.6 is 0 Å². The van der Waals surface area contributed by atoms with Crippen LogP contribution in [0, 0.1) is 5.92 Å². The molecule has 0 N–H and O–H groups in total. The number of hydrogen-bond acceptors (Lipinski definition) is 2. The van der Waals surface area contributed by atoms with Crippen molar-refractivity contribution in [2.45, 2.75) is 13.3 Å². The van der Waals surface area contributed by atoms with E-state index in [4.69, 9.17) is 4.74 Å². The summed E-state index contributed by atoms with van der Waals surface area (Å²) < 4.78 is 5.23. The Morgan fingerprint density at radius 2 is 2.16 bits per heavy atom. The second-order valence-electron chi connectivity index (χ2n) is 4.93. The Hall–Kier alpha value is -2.09. The second-order valence-corrected chi connectivity index (χ2v) is 4.93. The van der Waals surface area contributed by atoms with Crippen molar-refractivity contribution >= 4 is 11.5 Å². The third kappa shape index (κ3) is 2.26. The first kappa shape index (κ1) is 12.0. The minimum Gasteiger partial charge on any atom is -0.461 e. The van der Waals surface area contributed by atoms with Crippen LogP contribution < -0.4 is 0 Å². The highest BCUT2D eigenvalue weighted by Crippen LogP contribution is 2.37. The Labute approximate surface area is 113 Å². The highest BCUT2D eigenvalue weighted by atomic mass is 16.5. The number of ether oxygens (including phenoxy) is 1. The molecule has 1 unspecified atom stereocenters. The zero-order valence-corrected chi connectivity index (χ0v) is 10.9. The number of rotatable bonds is 2. The van der Waals surface area contributed by atoms with E-state index in [-0.39, 0.29) is 5.97 Å². The predicted molar refractivity (Wildman–Crippen MR) is 75.5 cm³/mol. The lowest BCUT2D eigenvalue weighted by Gasteiger charge is -2.28. The normalized spacial score (nSPS) is 19.9. The molecular weight excluding hydrogens is 236 g/mol. The Morgan fingerprint density at radius 1 is 1.32 bits per heavy atom. The highest BCUT2D eigenvalue weighted by molar-refractivity contribution is 5.79. The Bertz CT molecular complexity index is 605. The Kier molecular flexibility index (Phi) is 3.08. The minimum absolute atomic E-state index is 0.233. The summed E-state index contributed by atoms with van der Waals surface area (Å²) in [7, 11) is 0. The summed E-state index contributed by atoms with van der Waals surface area (Å²) in [5.41, 5.74) is 4.97. The molecule has 0 aromatic heterocycles. The molecule has 19 heavy (non-hydrogen) atoms. The summed E-state index contributed by atoms with van der Waals surface area (Å²) in [4.78, 5) is 11.1. The molecule has 0 saturated heterocycles. The van der Waals surface area contributed by atoms with E-state index in [0.29, 0.717) is 12.5 Å². The first-order valence-corrected chi connectivity index (χ1v) is 6.55. The smallest absolute Gasteiger partial charge is 0.302 e. The highest BCUT2D eigenvalue weighted by Gasteiger charge is 2.25. The maximum Gasteiger partial charge on any atom is 0.302 e. The molecule has 0 bridgehead atoms. The van der Waals surface area contributed by atoms with Crippen LogP contribution in [0.15, 0.2) is 54.1 Å².